The fourth-order valence-corrected chi connectivity index (χ4v) is 2.69. The van der Waals surface area contributed by atoms with Crippen LogP contribution in [0.15, 0.2) is 66.7 Å². The number of nitrogens with one attached hydrogen (secondary N) is 2. The number of carbonyl (C=O) groups excluding carboxylic acids is 2. The molecule has 3 rings (SSSR count). The minimum atomic E-state index is -0.885. The molecule has 0 saturated heterocycles. The van der Waals surface area contributed by atoms with Gasteiger partial charge in [-0.25, -0.2) is 13.2 Å². The second kappa shape index (κ2) is 9.05. The van der Waals surface area contributed by atoms with Crippen LogP contribution in [0.4, 0.5) is 18.9 Å². The topological polar surface area (TPSA) is 58.2 Å². The van der Waals surface area contributed by atoms with Crippen molar-refractivity contribution >= 4 is 17.5 Å². The van der Waals surface area contributed by atoms with E-state index in [0.29, 0.717) is 17.5 Å². The van der Waals surface area contributed by atoms with Gasteiger partial charge in [0.05, 0.1) is 0 Å². The summed E-state index contributed by atoms with van der Waals surface area (Å²) in [5.74, 6) is -3.19. The van der Waals surface area contributed by atoms with Crippen molar-refractivity contribution < 1.29 is 22.8 Å². The number of rotatable bonds is 6. The monoisotopic (exact) mass is 398 g/mol. The molecule has 0 unspecified atom stereocenters. The van der Waals surface area contributed by atoms with Gasteiger partial charge in [0, 0.05) is 17.7 Å². The van der Waals surface area contributed by atoms with Crippen LogP contribution < -0.4 is 10.6 Å². The van der Waals surface area contributed by atoms with E-state index in [1.807, 2.05) is 0 Å². The Morgan fingerprint density at radius 1 is 0.690 bits per heavy atom. The molecule has 0 radical (unpaired) electrons. The zero-order chi connectivity index (χ0) is 20.8. The minimum absolute atomic E-state index is 0.135. The third-order valence-corrected chi connectivity index (χ3v) is 4.25. The Morgan fingerprint density at radius 3 is 1.86 bits per heavy atom. The SMILES string of the molecule is O=C(NCCc1ccccc1F)c1ccc(C(=O)Nc2c(F)cccc2F)cc1. The highest BCUT2D eigenvalue weighted by Crippen LogP contribution is 2.19. The molecule has 0 atom stereocenters. The first-order valence-corrected chi connectivity index (χ1v) is 8.83. The molecule has 3 aromatic rings. The van der Waals surface area contributed by atoms with Gasteiger partial charge in [0.1, 0.15) is 23.1 Å². The van der Waals surface area contributed by atoms with Crippen LogP contribution >= 0.6 is 0 Å². The number of hydrogen-bond acceptors (Lipinski definition) is 2. The zero-order valence-corrected chi connectivity index (χ0v) is 15.2. The van der Waals surface area contributed by atoms with Gasteiger partial charge in [-0.2, -0.15) is 0 Å². The summed E-state index contributed by atoms with van der Waals surface area (Å²) in [6.45, 7) is 0.245. The van der Waals surface area contributed by atoms with Crippen molar-refractivity contribution in [2.24, 2.45) is 0 Å². The number of carbonyl (C=O) groups is 2. The maximum absolute atomic E-state index is 13.6. The number of benzene rings is 3. The Hall–Kier alpha value is -3.61. The molecular formula is C22H17F3N2O2. The first-order chi connectivity index (χ1) is 14.0. The Bertz CT molecular complexity index is 1020. The maximum Gasteiger partial charge on any atom is 0.255 e. The average Bonchev–Trinajstić information content (AvgIpc) is 2.72. The normalized spacial score (nSPS) is 10.4. The molecule has 0 aliphatic carbocycles. The highest BCUT2D eigenvalue weighted by Gasteiger charge is 2.14. The number of amides is 2. The third kappa shape index (κ3) is 5.01. The van der Waals surface area contributed by atoms with Crippen molar-refractivity contribution in [3.8, 4) is 0 Å². The largest absolute Gasteiger partial charge is 0.352 e. The van der Waals surface area contributed by atoms with Crippen LogP contribution in [0.2, 0.25) is 0 Å². The Kier molecular flexibility index (Phi) is 6.29. The van der Waals surface area contributed by atoms with E-state index in [-0.39, 0.29) is 23.8 Å². The van der Waals surface area contributed by atoms with Gasteiger partial charge in [-0.1, -0.05) is 24.3 Å². The van der Waals surface area contributed by atoms with Crippen LogP contribution in [0.1, 0.15) is 26.3 Å². The van der Waals surface area contributed by atoms with Gasteiger partial charge < -0.3 is 10.6 Å². The molecule has 2 amide bonds. The Labute approximate surface area is 165 Å². The summed E-state index contributed by atoms with van der Waals surface area (Å²) in [4.78, 5) is 24.4. The lowest BCUT2D eigenvalue weighted by molar-refractivity contribution is 0.0952. The van der Waals surface area contributed by atoms with Crippen LogP contribution in [-0.4, -0.2) is 18.4 Å². The lowest BCUT2D eigenvalue weighted by Crippen LogP contribution is -2.26. The molecule has 2 N–H and O–H groups in total. The fraction of sp³-hybridized carbons (Fsp3) is 0.0909. The highest BCUT2D eigenvalue weighted by molar-refractivity contribution is 6.05. The summed E-state index contributed by atoms with van der Waals surface area (Å²) >= 11 is 0. The molecule has 148 valence electrons. The van der Waals surface area contributed by atoms with Gasteiger partial charge in [0.2, 0.25) is 0 Å². The molecule has 0 fully saturated rings. The van der Waals surface area contributed by atoms with Gasteiger partial charge in [0.15, 0.2) is 0 Å². The standard InChI is InChI=1S/C22H17F3N2O2/c23-17-5-2-1-4-14(17)12-13-26-21(28)15-8-10-16(11-9-15)22(29)27-20-18(24)6-3-7-19(20)25/h1-11H,12-13H2,(H,26,28)(H,27,29). The van der Waals surface area contributed by atoms with Crippen LogP contribution in [-0.2, 0) is 6.42 Å². The van der Waals surface area contributed by atoms with Crippen molar-refractivity contribution in [2.45, 2.75) is 6.42 Å². The van der Waals surface area contributed by atoms with Gasteiger partial charge in [-0.3, -0.25) is 9.59 Å². The van der Waals surface area contributed by atoms with E-state index in [0.717, 1.165) is 12.1 Å². The molecule has 0 saturated carbocycles. The Morgan fingerprint density at radius 2 is 1.24 bits per heavy atom. The van der Waals surface area contributed by atoms with Gasteiger partial charge in [-0.15, -0.1) is 0 Å². The quantitative estimate of drug-likeness (QED) is 0.649. The van der Waals surface area contributed by atoms with Gasteiger partial charge in [-0.05, 0) is 54.4 Å². The molecule has 7 heteroatoms. The predicted octanol–water partition coefficient (Wildman–Crippen LogP) is 4.33. The molecule has 0 spiro atoms. The first-order valence-electron chi connectivity index (χ1n) is 8.83. The van der Waals surface area contributed by atoms with Crippen LogP contribution in [0.5, 0.6) is 0 Å². The second-order valence-electron chi connectivity index (χ2n) is 6.23. The van der Waals surface area contributed by atoms with Crippen molar-refractivity contribution in [3.05, 3.63) is 101 Å². The van der Waals surface area contributed by atoms with Crippen molar-refractivity contribution in [1.29, 1.82) is 0 Å². The lowest BCUT2D eigenvalue weighted by Gasteiger charge is -2.09. The highest BCUT2D eigenvalue weighted by atomic mass is 19.1. The summed E-state index contributed by atoms with van der Waals surface area (Å²) in [5.41, 5.74) is 0.398. The fourth-order valence-electron chi connectivity index (χ4n) is 2.69. The molecule has 4 nitrogen and oxygen atoms in total. The van der Waals surface area contributed by atoms with E-state index in [1.54, 1.807) is 18.2 Å². The maximum atomic E-state index is 13.6. The average molecular weight is 398 g/mol. The molecule has 0 bridgehead atoms. The summed E-state index contributed by atoms with van der Waals surface area (Å²) < 4.78 is 40.8. The van der Waals surface area contributed by atoms with Crippen molar-refractivity contribution in [1.82, 2.24) is 5.32 Å². The minimum Gasteiger partial charge on any atom is -0.352 e. The third-order valence-electron chi connectivity index (χ3n) is 4.25. The van der Waals surface area contributed by atoms with E-state index in [9.17, 15) is 22.8 Å². The van der Waals surface area contributed by atoms with E-state index >= 15 is 0 Å². The lowest BCUT2D eigenvalue weighted by atomic mass is 10.1. The van der Waals surface area contributed by atoms with E-state index in [4.69, 9.17) is 0 Å². The van der Waals surface area contributed by atoms with Crippen molar-refractivity contribution in [3.63, 3.8) is 0 Å². The summed E-state index contributed by atoms with van der Waals surface area (Å²) in [6.07, 6.45) is 0.340. The summed E-state index contributed by atoms with van der Waals surface area (Å²) in [5, 5.41) is 4.85. The van der Waals surface area contributed by atoms with E-state index in [1.165, 1.54) is 36.4 Å². The molecule has 0 aliphatic rings. The molecule has 3 aromatic carbocycles. The van der Waals surface area contributed by atoms with E-state index < -0.39 is 23.2 Å². The number of para-hydroxylation sites is 1. The number of hydrogen-bond donors (Lipinski definition) is 2. The molecule has 0 aliphatic heterocycles. The van der Waals surface area contributed by atoms with Crippen LogP contribution in [0.25, 0.3) is 0 Å². The number of anilines is 1. The van der Waals surface area contributed by atoms with Crippen LogP contribution in [0.3, 0.4) is 0 Å². The molecule has 0 aromatic heterocycles. The molecule has 29 heavy (non-hydrogen) atoms. The molecular weight excluding hydrogens is 381 g/mol. The van der Waals surface area contributed by atoms with Crippen molar-refractivity contribution in [2.75, 3.05) is 11.9 Å². The first kappa shape index (κ1) is 20.1. The van der Waals surface area contributed by atoms with Crippen LogP contribution in [0, 0.1) is 17.5 Å². The molecule has 0 heterocycles. The number of halogens is 3. The summed E-state index contributed by atoms with van der Waals surface area (Å²) in [7, 11) is 0. The zero-order valence-electron chi connectivity index (χ0n) is 15.2. The Balaban J connectivity index is 1.58. The smallest absolute Gasteiger partial charge is 0.255 e. The summed E-state index contributed by atoms with van der Waals surface area (Å²) in [6, 6.07) is 15.2. The second-order valence-corrected chi connectivity index (χ2v) is 6.23. The predicted molar refractivity (Wildman–Crippen MR) is 103 cm³/mol. The van der Waals surface area contributed by atoms with E-state index in [2.05, 4.69) is 10.6 Å². The van der Waals surface area contributed by atoms with Gasteiger partial charge in [0.25, 0.3) is 11.8 Å². The van der Waals surface area contributed by atoms with Gasteiger partial charge >= 0.3 is 0 Å².